The highest BCUT2D eigenvalue weighted by Crippen LogP contribution is 2.46. The van der Waals surface area contributed by atoms with Gasteiger partial charge in [0.25, 0.3) is 5.91 Å². The van der Waals surface area contributed by atoms with E-state index in [1.807, 2.05) is 24.3 Å². The van der Waals surface area contributed by atoms with Crippen LogP contribution in [-0.2, 0) is 42.5 Å². The van der Waals surface area contributed by atoms with E-state index in [4.69, 9.17) is 4.74 Å². The van der Waals surface area contributed by atoms with Crippen molar-refractivity contribution < 1.29 is 34.1 Å². The van der Waals surface area contributed by atoms with Crippen LogP contribution in [0.15, 0.2) is 54.6 Å². The molecule has 40 heavy (non-hydrogen) atoms. The van der Waals surface area contributed by atoms with E-state index in [-0.39, 0.29) is 37.3 Å². The number of carbonyl (C=O) groups is 4. The second kappa shape index (κ2) is 10.5. The third-order valence-electron chi connectivity index (χ3n) is 8.13. The van der Waals surface area contributed by atoms with E-state index in [1.165, 1.54) is 16.7 Å². The smallest absolute Gasteiger partial charge is 0.304 e. The normalized spacial score (nSPS) is 24.6. The minimum Gasteiger partial charge on any atom is -0.441 e. The maximum atomic E-state index is 13.3. The van der Waals surface area contributed by atoms with Crippen molar-refractivity contribution in [2.75, 3.05) is 23.5 Å². The van der Waals surface area contributed by atoms with Crippen molar-refractivity contribution in [2.24, 2.45) is 5.92 Å². The number of benzene rings is 2. The molecule has 0 bridgehead atoms. The number of carbonyl (C=O) groups excluding carboxylic acids is 4. The largest absolute Gasteiger partial charge is 0.441 e. The van der Waals surface area contributed by atoms with Crippen molar-refractivity contribution in [3.63, 3.8) is 0 Å². The van der Waals surface area contributed by atoms with Crippen molar-refractivity contribution in [2.45, 2.75) is 57.5 Å². The lowest BCUT2D eigenvalue weighted by Gasteiger charge is -2.39. The number of rotatable bonds is 7. The van der Waals surface area contributed by atoms with Crippen LogP contribution in [0.2, 0.25) is 0 Å². The molecule has 0 aliphatic carbocycles. The third-order valence-corrected chi connectivity index (χ3v) is 8.13. The molecule has 10 heteroatoms. The molecule has 2 aromatic rings. The van der Waals surface area contributed by atoms with Gasteiger partial charge in [-0.1, -0.05) is 43.3 Å². The number of anilines is 2. The first kappa shape index (κ1) is 27.5. The van der Waals surface area contributed by atoms with Gasteiger partial charge in [-0.2, -0.15) is 0 Å². The lowest BCUT2D eigenvalue weighted by molar-refractivity contribution is -0.154. The van der Waals surface area contributed by atoms with Crippen molar-refractivity contribution >= 4 is 35.1 Å². The molecule has 2 N–H and O–H groups in total. The maximum Gasteiger partial charge on any atom is 0.304 e. The summed E-state index contributed by atoms with van der Waals surface area (Å²) in [6.07, 6.45) is 3.24. The van der Waals surface area contributed by atoms with Gasteiger partial charge in [-0.25, -0.2) is 0 Å². The maximum absolute atomic E-state index is 13.3. The molecule has 5 rings (SSSR count). The first-order valence-corrected chi connectivity index (χ1v) is 13.3. The fourth-order valence-electron chi connectivity index (χ4n) is 5.85. The highest BCUT2D eigenvalue weighted by molar-refractivity contribution is 6.08. The van der Waals surface area contributed by atoms with E-state index in [9.17, 15) is 29.4 Å². The van der Waals surface area contributed by atoms with Gasteiger partial charge in [-0.15, -0.1) is 0 Å². The second-order valence-corrected chi connectivity index (χ2v) is 10.6. The Labute approximate surface area is 232 Å². The Kier molecular flexibility index (Phi) is 7.24. The zero-order valence-corrected chi connectivity index (χ0v) is 22.7. The van der Waals surface area contributed by atoms with Crippen LogP contribution in [0.1, 0.15) is 43.4 Å². The molecule has 0 spiro atoms. The zero-order valence-electron chi connectivity index (χ0n) is 22.7. The first-order valence-electron chi connectivity index (χ1n) is 13.3. The number of β-lactam (4-membered cyclic amide) rings is 1. The van der Waals surface area contributed by atoms with Crippen LogP contribution in [-0.4, -0.2) is 64.7 Å². The number of amides is 3. The Morgan fingerprint density at radius 3 is 2.55 bits per heavy atom. The minimum atomic E-state index is -1.93. The standard InChI is InChI=1S/C30H33N3O7/c1-18(7-6-10-26(36)32-16-21-9-5-4-8-20(21)13-23(32)17-34)30(39)24-14-22(11-12-25(24)31(3)29(30)38)33-27(37)15-28(33)40-19(2)35/h4-9,11-12,14,18,23,28,34,39H,10,13,15-17H2,1-3H3/b7-6+/t18-,23+,28?,30+/m1/s1. The molecule has 3 heterocycles. The Morgan fingerprint density at radius 1 is 1.15 bits per heavy atom. The summed E-state index contributed by atoms with van der Waals surface area (Å²) in [5.41, 5.74) is 1.49. The predicted molar refractivity (Wildman–Crippen MR) is 146 cm³/mol. The Bertz CT molecular complexity index is 1410. The van der Waals surface area contributed by atoms with E-state index in [0.29, 0.717) is 29.9 Å². The SMILES string of the molecule is CC(=O)OC1CC(=O)N1c1ccc2c(c1)[C@@](O)([C@H](C)/C=C/CC(=O)N1Cc3ccccc3C[C@H]1CO)C(=O)N2C. The average Bonchev–Trinajstić information content (AvgIpc) is 3.12. The van der Waals surface area contributed by atoms with Gasteiger partial charge < -0.3 is 24.7 Å². The van der Waals surface area contributed by atoms with Crippen molar-refractivity contribution in [3.05, 3.63) is 71.3 Å². The molecule has 210 valence electrons. The lowest BCUT2D eigenvalue weighted by Crippen LogP contribution is -2.55. The van der Waals surface area contributed by atoms with Crippen LogP contribution in [0.3, 0.4) is 0 Å². The van der Waals surface area contributed by atoms with E-state index >= 15 is 0 Å². The van der Waals surface area contributed by atoms with Gasteiger partial charge in [0, 0.05) is 44.1 Å². The number of aliphatic hydroxyl groups is 2. The summed E-state index contributed by atoms with van der Waals surface area (Å²) < 4.78 is 5.21. The topological polar surface area (TPSA) is 128 Å². The zero-order chi connectivity index (χ0) is 28.8. The highest BCUT2D eigenvalue weighted by atomic mass is 16.6. The number of aliphatic hydroxyl groups excluding tert-OH is 1. The summed E-state index contributed by atoms with van der Waals surface area (Å²) in [6, 6.07) is 12.4. The van der Waals surface area contributed by atoms with E-state index in [2.05, 4.69) is 0 Å². The fourth-order valence-corrected chi connectivity index (χ4v) is 5.85. The van der Waals surface area contributed by atoms with Crippen LogP contribution in [0, 0.1) is 5.92 Å². The molecule has 10 nitrogen and oxygen atoms in total. The molecule has 0 aromatic heterocycles. The summed E-state index contributed by atoms with van der Waals surface area (Å²) in [7, 11) is 1.57. The summed E-state index contributed by atoms with van der Waals surface area (Å²) in [4.78, 5) is 54.6. The monoisotopic (exact) mass is 547 g/mol. The second-order valence-electron chi connectivity index (χ2n) is 10.6. The fraction of sp³-hybridized carbons (Fsp3) is 0.400. The molecule has 1 fully saturated rings. The van der Waals surface area contributed by atoms with Crippen LogP contribution >= 0.6 is 0 Å². The van der Waals surface area contributed by atoms with Crippen LogP contribution in [0.25, 0.3) is 0 Å². The van der Waals surface area contributed by atoms with Crippen molar-refractivity contribution in [1.29, 1.82) is 0 Å². The van der Waals surface area contributed by atoms with E-state index in [0.717, 1.165) is 11.1 Å². The predicted octanol–water partition coefficient (Wildman–Crippen LogP) is 2.00. The van der Waals surface area contributed by atoms with Gasteiger partial charge >= 0.3 is 5.97 Å². The molecule has 3 aliphatic heterocycles. The number of ether oxygens (including phenoxy) is 1. The van der Waals surface area contributed by atoms with Crippen LogP contribution in [0.4, 0.5) is 11.4 Å². The lowest BCUT2D eigenvalue weighted by atomic mass is 9.82. The number of esters is 1. The molecule has 0 saturated carbocycles. The summed E-state index contributed by atoms with van der Waals surface area (Å²) >= 11 is 0. The molecule has 1 unspecified atom stereocenters. The van der Waals surface area contributed by atoms with Gasteiger partial charge in [0.05, 0.1) is 24.8 Å². The molecule has 4 atom stereocenters. The van der Waals surface area contributed by atoms with Gasteiger partial charge in [0.15, 0.2) is 11.8 Å². The van der Waals surface area contributed by atoms with Crippen molar-refractivity contribution in [1.82, 2.24) is 4.90 Å². The molecule has 3 aliphatic rings. The highest BCUT2D eigenvalue weighted by Gasteiger charge is 2.52. The third kappa shape index (κ3) is 4.56. The molecule has 1 saturated heterocycles. The van der Waals surface area contributed by atoms with E-state index in [1.54, 1.807) is 49.2 Å². The summed E-state index contributed by atoms with van der Waals surface area (Å²) in [5.74, 6) is -2.14. The molecule has 2 aromatic carbocycles. The van der Waals surface area contributed by atoms with Crippen molar-refractivity contribution in [3.8, 4) is 0 Å². The molecule has 0 radical (unpaired) electrons. The first-order chi connectivity index (χ1) is 19.1. The number of hydrogen-bond donors (Lipinski definition) is 2. The number of hydrogen-bond acceptors (Lipinski definition) is 7. The summed E-state index contributed by atoms with van der Waals surface area (Å²) in [6.45, 7) is 3.23. The quantitative estimate of drug-likeness (QED) is 0.308. The van der Waals surface area contributed by atoms with Gasteiger partial charge in [0.2, 0.25) is 11.8 Å². The Balaban J connectivity index is 1.34. The summed E-state index contributed by atoms with van der Waals surface area (Å²) in [5, 5.41) is 21.7. The van der Waals surface area contributed by atoms with E-state index < -0.39 is 29.6 Å². The number of nitrogens with zero attached hydrogens (tertiary/aromatic N) is 3. The number of likely N-dealkylation sites (N-methyl/N-ethyl adjacent to an activating group) is 1. The average molecular weight is 548 g/mol. The molecular weight excluding hydrogens is 514 g/mol. The molecule has 3 amide bonds. The minimum absolute atomic E-state index is 0.0440. The number of fused-ring (bicyclic) bond motifs is 2. The Hall–Kier alpha value is -4.02. The molecular formula is C30H33N3O7. The van der Waals surface area contributed by atoms with Crippen LogP contribution < -0.4 is 9.80 Å². The van der Waals surface area contributed by atoms with Gasteiger partial charge in [-0.3, -0.25) is 24.1 Å². The van der Waals surface area contributed by atoms with Crippen LogP contribution in [0.5, 0.6) is 0 Å². The Morgan fingerprint density at radius 2 is 1.88 bits per heavy atom. The van der Waals surface area contributed by atoms with Gasteiger partial charge in [0.1, 0.15) is 0 Å². The van der Waals surface area contributed by atoms with Gasteiger partial charge in [-0.05, 0) is 35.7 Å².